The molecule has 1 saturated heterocycles. The molecule has 1 fully saturated rings. The molecule has 2 heterocycles. The Balaban J connectivity index is 1.44. The van der Waals surface area contributed by atoms with E-state index in [2.05, 4.69) is 9.88 Å². The number of halogens is 1. The van der Waals surface area contributed by atoms with Crippen LogP contribution in [0.25, 0.3) is 0 Å². The summed E-state index contributed by atoms with van der Waals surface area (Å²) in [5, 5.41) is 3.64. The number of carbonyl (C=O) groups excluding carboxylic acids is 2. The number of hydrogen-bond acceptors (Lipinski definition) is 6. The summed E-state index contributed by atoms with van der Waals surface area (Å²) >= 11 is 7.45. The molecule has 28 heavy (non-hydrogen) atoms. The molecular formula is C20H24ClN3O3S. The summed E-state index contributed by atoms with van der Waals surface area (Å²) in [4.78, 5) is 33.2. The molecule has 1 aliphatic heterocycles. The van der Waals surface area contributed by atoms with Crippen LogP contribution in [0.15, 0.2) is 29.6 Å². The van der Waals surface area contributed by atoms with E-state index in [9.17, 15) is 9.59 Å². The van der Waals surface area contributed by atoms with E-state index in [1.807, 2.05) is 5.38 Å². The third-order valence-corrected chi connectivity index (χ3v) is 5.75. The number of morpholine rings is 1. The molecule has 0 bridgehead atoms. The smallest absolute Gasteiger partial charge is 0.223 e. The van der Waals surface area contributed by atoms with E-state index in [0.717, 1.165) is 43.5 Å². The molecule has 1 aromatic heterocycles. The van der Waals surface area contributed by atoms with Gasteiger partial charge in [-0.3, -0.25) is 14.5 Å². The summed E-state index contributed by atoms with van der Waals surface area (Å²) in [6.07, 6.45) is 0.368. The van der Waals surface area contributed by atoms with Crippen LogP contribution in [0, 0.1) is 0 Å². The Morgan fingerprint density at radius 3 is 2.64 bits per heavy atom. The van der Waals surface area contributed by atoms with Crippen LogP contribution < -0.4 is 0 Å². The third kappa shape index (κ3) is 6.10. The van der Waals surface area contributed by atoms with Crippen molar-refractivity contribution < 1.29 is 14.3 Å². The van der Waals surface area contributed by atoms with Crippen LogP contribution in [0.3, 0.4) is 0 Å². The van der Waals surface area contributed by atoms with Gasteiger partial charge in [-0.1, -0.05) is 11.6 Å². The molecule has 1 aliphatic rings. The van der Waals surface area contributed by atoms with Crippen LogP contribution >= 0.6 is 22.9 Å². The van der Waals surface area contributed by atoms with Crippen LogP contribution in [0.4, 0.5) is 0 Å². The fourth-order valence-electron chi connectivity index (χ4n) is 2.97. The molecule has 0 saturated carbocycles. The highest BCUT2D eigenvalue weighted by molar-refractivity contribution is 7.09. The van der Waals surface area contributed by atoms with Crippen molar-refractivity contribution in [2.45, 2.75) is 25.9 Å². The van der Waals surface area contributed by atoms with Gasteiger partial charge in [-0.05, 0) is 24.3 Å². The van der Waals surface area contributed by atoms with Gasteiger partial charge in [-0.2, -0.15) is 0 Å². The van der Waals surface area contributed by atoms with E-state index in [1.54, 1.807) is 47.5 Å². The Hall–Kier alpha value is -1.80. The van der Waals surface area contributed by atoms with Crippen LogP contribution in [0.2, 0.25) is 5.02 Å². The van der Waals surface area contributed by atoms with Gasteiger partial charge in [0.1, 0.15) is 5.01 Å². The maximum absolute atomic E-state index is 12.4. The van der Waals surface area contributed by atoms with Crippen LogP contribution in [0.5, 0.6) is 0 Å². The Morgan fingerprint density at radius 1 is 1.21 bits per heavy atom. The number of benzene rings is 1. The lowest BCUT2D eigenvalue weighted by Gasteiger charge is -2.25. The van der Waals surface area contributed by atoms with Gasteiger partial charge in [0.05, 0.1) is 32.0 Å². The van der Waals surface area contributed by atoms with Gasteiger partial charge in [0, 0.05) is 48.9 Å². The number of aromatic nitrogens is 1. The monoisotopic (exact) mass is 421 g/mol. The first-order valence-electron chi connectivity index (χ1n) is 9.27. The van der Waals surface area contributed by atoms with Gasteiger partial charge in [0.15, 0.2) is 5.78 Å². The number of ether oxygens (including phenoxy) is 1. The van der Waals surface area contributed by atoms with E-state index >= 15 is 0 Å². The van der Waals surface area contributed by atoms with Crippen molar-refractivity contribution in [1.29, 1.82) is 0 Å². The lowest BCUT2D eigenvalue weighted by molar-refractivity contribution is -0.130. The van der Waals surface area contributed by atoms with Gasteiger partial charge < -0.3 is 9.64 Å². The number of carbonyl (C=O) groups is 2. The molecule has 150 valence electrons. The zero-order valence-electron chi connectivity index (χ0n) is 15.9. The van der Waals surface area contributed by atoms with Crippen molar-refractivity contribution in [3.63, 3.8) is 0 Å². The average Bonchev–Trinajstić information content (AvgIpc) is 3.13. The van der Waals surface area contributed by atoms with Gasteiger partial charge in [-0.15, -0.1) is 11.3 Å². The van der Waals surface area contributed by atoms with Crippen molar-refractivity contribution in [1.82, 2.24) is 14.8 Å². The molecule has 2 aromatic rings. The molecular weight excluding hydrogens is 398 g/mol. The number of thiazole rings is 1. The molecule has 3 rings (SSSR count). The standard InChI is InChI=1S/C20H24ClN3O3S/c1-23(20(26)7-6-18(25)15-2-4-16(21)5-3-15)12-17-14-28-19(22-17)13-24-8-10-27-11-9-24/h2-5,14H,6-13H2,1H3. The first-order chi connectivity index (χ1) is 13.5. The van der Waals surface area contributed by atoms with Crippen molar-refractivity contribution in [3.05, 3.63) is 50.9 Å². The topological polar surface area (TPSA) is 62.7 Å². The van der Waals surface area contributed by atoms with Gasteiger partial charge >= 0.3 is 0 Å². The lowest BCUT2D eigenvalue weighted by atomic mass is 10.1. The highest BCUT2D eigenvalue weighted by atomic mass is 35.5. The minimum absolute atomic E-state index is 0.0557. The summed E-state index contributed by atoms with van der Waals surface area (Å²) in [6.45, 7) is 4.66. The molecule has 0 unspecified atom stereocenters. The molecule has 1 amide bonds. The molecule has 6 nitrogen and oxygen atoms in total. The van der Waals surface area contributed by atoms with Gasteiger partial charge in [0.2, 0.25) is 5.91 Å². The third-order valence-electron chi connectivity index (χ3n) is 4.62. The fraction of sp³-hybridized carbons (Fsp3) is 0.450. The lowest BCUT2D eigenvalue weighted by Crippen LogP contribution is -2.35. The molecule has 0 radical (unpaired) electrons. The first kappa shape index (κ1) is 20.9. The second kappa shape index (κ2) is 10.1. The summed E-state index contributed by atoms with van der Waals surface area (Å²) in [6, 6.07) is 6.73. The fourth-order valence-corrected chi connectivity index (χ4v) is 3.92. The van der Waals surface area contributed by atoms with Crippen molar-refractivity contribution in [2.24, 2.45) is 0 Å². The maximum Gasteiger partial charge on any atom is 0.223 e. The molecule has 1 aromatic carbocycles. The number of hydrogen-bond donors (Lipinski definition) is 0. The van der Waals surface area contributed by atoms with Gasteiger partial charge in [0.25, 0.3) is 0 Å². The number of ketones is 1. The Morgan fingerprint density at radius 2 is 1.93 bits per heavy atom. The average molecular weight is 422 g/mol. The summed E-state index contributed by atoms with van der Waals surface area (Å²) in [5.41, 5.74) is 1.46. The molecule has 8 heteroatoms. The molecule has 0 atom stereocenters. The second-order valence-electron chi connectivity index (χ2n) is 6.80. The number of nitrogens with zero attached hydrogens (tertiary/aromatic N) is 3. The highest BCUT2D eigenvalue weighted by Crippen LogP contribution is 2.16. The van der Waals surface area contributed by atoms with E-state index in [4.69, 9.17) is 16.3 Å². The summed E-state index contributed by atoms with van der Waals surface area (Å²) in [7, 11) is 1.75. The Bertz CT molecular complexity index is 803. The quantitative estimate of drug-likeness (QED) is 0.612. The van der Waals surface area contributed by atoms with E-state index in [1.165, 1.54) is 0 Å². The van der Waals surface area contributed by atoms with Crippen LogP contribution in [0.1, 0.15) is 33.9 Å². The number of Topliss-reactive ketones (excluding diaryl/α,β-unsaturated/α-hetero) is 1. The highest BCUT2D eigenvalue weighted by Gasteiger charge is 2.16. The maximum atomic E-state index is 12.4. The van der Waals surface area contributed by atoms with E-state index in [-0.39, 0.29) is 24.5 Å². The van der Waals surface area contributed by atoms with Crippen LogP contribution in [-0.2, 0) is 22.6 Å². The minimum Gasteiger partial charge on any atom is -0.379 e. The van der Waals surface area contributed by atoms with Gasteiger partial charge in [-0.25, -0.2) is 4.98 Å². The SMILES string of the molecule is CN(Cc1csc(CN2CCOCC2)n1)C(=O)CCC(=O)c1ccc(Cl)cc1. The van der Waals surface area contributed by atoms with Crippen molar-refractivity contribution in [2.75, 3.05) is 33.4 Å². The van der Waals surface area contributed by atoms with Crippen molar-refractivity contribution in [3.8, 4) is 0 Å². The van der Waals surface area contributed by atoms with E-state index < -0.39 is 0 Å². The zero-order chi connectivity index (χ0) is 19.9. The number of amides is 1. The zero-order valence-corrected chi connectivity index (χ0v) is 17.5. The molecule has 0 N–H and O–H groups in total. The normalized spacial score (nSPS) is 14.8. The Kier molecular flexibility index (Phi) is 7.56. The largest absolute Gasteiger partial charge is 0.379 e. The Labute approximate surface area is 174 Å². The summed E-state index contributed by atoms with van der Waals surface area (Å²) in [5.74, 6) is -0.120. The molecule has 0 aliphatic carbocycles. The second-order valence-corrected chi connectivity index (χ2v) is 8.18. The first-order valence-corrected chi connectivity index (χ1v) is 10.5. The predicted octanol–water partition coefficient (Wildman–Crippen LogP) is 3.25. The summed E-state index contributed by atoms with van der Waals surface area (Å²) < 4.78 is 5.36. The number of rotatable bonds is 8. The van der Waals surface area contributed by atoms with Crippen LogP contribution in [-0.4, -0.2) is 59.8 Å². The van der Waals surface area contributed by atoms with Crippen molar-refractivity contribution >= 4 is 34.6 Å². The predicted molar refractivity (Wildman–Crippen MR) is 110 cm³/mol. The van der Waals surface area contributed by atoms with E-state index in [0.29, 0.717) is 17.1 Å². The molecule has 0 spiro atoms. The minimum atomic E-state index is -0.0648.